The third-order valence-electron chi connectivity index (χ3n) is 2.81. The minimum absolute atomic E-state index is 0.0892. The van der Waals surface area contributed by atoms with Gasteiger partial charge < -0.3 is 15.8 Å². The fraction of sp³-hybridized carbons (Fsp3) is 0.455. The minimum Gasteiger partial charge on any atom is -0.409 e. The summed E-state index contributed by atoms with van der Waals surface area (Å²) in [6.45, 7) is 3.22. The smallest absolute Gasteiger partial charge is 0.171 e. The molecule has 0 aliphatic carbocycles. The highest BCUT2D eigenvalue weighted by Crippen LogP contribution is 2.21. The van der Waals surface area contributed by atoms with Crippen LogP contribution in [-0.2, 0) is 0 Å². The van der Waals surface area contributed by atoms with E-state index in [1.807, 2.05) is 23.9 Å². The van der Waals surface area contributed by atoms with E-state index in [-0.39, 0.29) is 5.84 Å². The van der Waals surface area contributed by atoms with Crippen molar-refractivity contribution in [2.75, 3.05) is 23.0 Å². The third kappa shape index (κ3) is 2.63. The summed E-state index contributed by atoms with van der Waals surface area (Å²) in [6.07, 6.45) is 1.64. The lowest BCUT2D eigenvalue weighted by Gasteiger charge is -2.34. The molecule has 0 amide bonds. The summed E-state index contributed by atoms with van der Waals surface area (Å²) < 4.78 is 0. The quantitative estimate of drug-likeness (QED) is 0.357. The molecule has 1 aliphatic rings. The fourth-order valence-electron chi connectivity index (χ4n) is 1.83. The normalized spacial score (nSPS) is 21.6. The van der Waals surface area contributed by atoms with Crippen LogP contribution in [0.25, 0.3) is 0 Å². The maximum absolute atomic E-state index is 8.57. The van der Waals surface area contributed by atoms with E-state index in [1.165, 1.54) is 0 Å². The number of aromatic nitrogens is 1. The Kier molecular flexibility index (Phi) is 3.73. The molecule has 1 aromatic heterocycles. The summed E-state index contributed by atoms with van der Waals surface area (Å²) in [7, 11) is 0. The minimum atomic E-state index is 0.0892. The summed E-state index contributed by atoms with van der Waals surface area (Å²) >= 11 is 1.97. The van der Waals surface area contributed by atoms with Crippen molar-refractivity contribution < 1.29 is 5.21 Å². The number of thioether (sulfide) groups is 1. The van der Waals surface area contributed by atoms with E-state index in [9.17, 15) is 0 Å². The van der Waals surface area contributed by atoms with Crippen LogP contribution in [0.3, 0.4) is 0 Å². The Morgan fingerprint density at radius 2 is 2.47 bits per heavy atom. The molecule has 6 heteroatoms. The molecule has 2 heterocycles. The zero-order chi connectivity index (χ0) is 12.3. The van der Waals surface area contributed by atoms with Gasteiger partial charge in [0, 0.05) is 35.9 Å². The number of oxime groups is 1. The molecule has 92 valence electrons. The van der Waals surface area contributed by atoms with Gasteiger partial charge in [-0.2, -0.15) is 11.8 Å². The highest BCUT2D eigenvalue weighted by atomic mass is 32.2. The third-order valence-corrected chi connectivity index (χ3v) is 4.00. The van der Waals surface area contributed by atoms with Gasteiger partial charge in [0.25, 0.3) is 0 Å². The molecular formula is C11H16N4OS. The number of anilines is 1. The number of nitrogens with two attached hydrogens (primary N) is 1. The number of amidine groups is 1. The molecule has 1 aliphatic heterocycles. The van der Waals surface area contributed by atoms with Crippen molar-refractivity contribution in [1.82, 2.24) is 4.98 Å². The van der Waals surface area contributed by atoms with Crippen LogP contribution in [0.15, 0.2) is 23.5 Å². The maximum Gasteiger partial charge on any atom is 0.171 e. The first-order chi connectivity index (χ1) is 8.22. The van der Waals surface area contributed by atoms with Gasteiger partial charge in [-0.05, 0) is 19.1 Å². The highest BCUT2D eigenvalue weighted by Gasteiger charge is 2.19. The summed E-state index contributed by atoms with van der Waals surface area (Å²) in [5.41, 5.74) is 6.13. The zero-order valence-electron chi connectivity index (χ0n) is 9.71. The van der Waals surface area contributed by atoms with Gasteiger partial charge in [0.15, 0.2) is 5.84 Å². The van der Waals surface area contributed by atoms with Crippen LogP contribution in [0.4, 0.5) is 5.82 Å². The lowest BCUT2D eigenvalue weighted by Crippen LogP contribution is -2.40. The molecule has 1 fully saturated rings. The first-order valence-corrected chi connectivity index (χ1v) is 6.66. The van der Waals surface area contributed by atoms with Crippen LogP contribution < -0.4 is 10.6 Å². The van der Waals surface area contributed by atoms with E-state index in [2.05, 4.69) is 22.0 Å². The maximum atomic E-state index is 8.57. The summed E-state index contributed by atoms with van der Waals surface area (Å²) in [5.74, 6) is 3.30. The SMILES string of the molecule is CC1CSCCN1c1ccc(C(N)=NO)cn1. The van der Waals surface area contributed by atoms with Gasteiger partial charge in [0.2, 0.25) is 0 Å². The van der Waals surface area contributed by atoms with Gasteiger partial charge >= 0.3 is 0 Å². The highest BCUT2D eigenvalue weighted by molar-refractivity contribution is 7.99. The molecule has 3 N–H and O–H groups in total. The lowest BCUT2D eigenvalue weighted by atomic mass is 10.2. The molecule has 0 bridgehead atoms. The summed E-state index contributed by atoms with van der Waals surface area (Å²) in [5, 5.41) is 11.5. The van der Waals surface area contributed by atoms with Crippen LogP contribution in [0.5, 0.6) is 0 Å². The number of pyridine rings is 1. The molecule has 2 rings (SSSR count). The lowest BCUT2D eigenvalue weighted by molar-refractivity contribution is 0.318. The van der Waals surface area contributed by atoms with Crippen LogP contribution in [0.2, 0.25) is 0 Å². The first kappa shape index (κ1) is 12.0. The summed E-state index contributed by atoms with van der Waals surface area (Å²) in [4.78, 5) is 6.65. The van der Waals surface area contributed by atoms with Gasteiger partial charge in [-0.1, -0.05) is 5.16 Å². The van der Waals surface area contributed by atoms with Crippen molar-refractivity contribution in [3.63, 3.8) is 0 Å². The molecule has 0 spiro atoms. The van der Waals surface area contributed by atoms with E-state index in [4.69, 9.17) is 10.9 Å². The molecule has 1 atom stereocenters. The molecule has 0 aromatic carbocycles. The van der Waals surface area contributed by atoms with Gasteiger partial charge in [-0.15, -0.1) is 0 Å². The van der Waals surface area contributed by atoms with Gasteiger partial charge in [-0.3, -0.25) is 0 Å². The molecule has 1 aromatic rings. The number of hydrogen-bond acceptors (Lipinski definition) is 5. The zero-order valence-corrected chi connectivity index (χ0v) is 10.5. The number of hydrogen-bond donors (Lipinski definition) is 2. The fourth-order valence-corrected chi connectivity index (χ4v) is 2.85. The molecule has 5 nitrogen and oxygen atoms in total. The summed E-state index contributed by atoms with van der Waals surface area (Å²) in [6, 6.07) is 4.24. The molecule has 0 radical (unpaired) electrons. The van der Waals surface area contributed by atoms with E-state index < -0.39 is 0 Å². The van der Waals surface area contributed by atoms with E-state index >= 15 is 0 Å². The van der Waals surface area contributed by atoms with Crippen LogP contribution >= 0.6 is 11.8 Å². The second-order valence-corrected chi connectivity index (χ2v) is 5.16. The molecule has 0 saturated carbocycles. The van der Waals surface area contributed by atoms with E-state index in [1.54, 1.807) is 6.20 Å². The molecule has 1 unspecified atom stereocenters. The average molecular weight is 252 g/mol. The second kappa shape index (κ2) is 5.27. The van der Waals surface area contributed by atoms with Crippen molar-refractivity contribution in [2.24, 2.45) is 10.9 Å². The Hall–Kier alpha value is -1.43. The van der Waals surface area contributed by atoms with E-state index in [0.29, 0.717) is 11.6 Å². The van der Waals surface area contributed by atoms with Crippen molar-refractivity contribution in [3.8, 4) is 0 Å². The molecule has 17 heavy (non-hydrogen) atoms. The Morgan fingerprint density at radius 3 is 3.06 bits per heavy atom. The van der Waals surface area contributed by atoms with Crippen LogP contribution in [0.1, 0.15) is 12.5 Å². The Labute approximate surface area is 105 Å². The second-order valence-electron chi connectivity index (χ2n) is 4.01. The Morgan fingerprint density at radius 1 is 1.65 bits per heavy atom. The van der Waals surface area contributed by atoms with Crippen molar-refractivity contribution >= 4 is 23.4 Å². The Bertz CT molecular complexity index is 406. The molecular weight excluding hydrogens is 236 g/mol. The standard InChI is InChI=1S/C11H16N4OS/c1-8-7-17-5-4-15(8)10-3-2-9(6-13-10)11(12)14-16/h2-3,6,8,16H,4-5,7H2,1H3,(H2,12,14). The Balaban J connectivity index is 2.17. The predicted octanol–water partition coefficient (Wildman–Crippen LogP) is 1.12. The topological polar surface area (TPSA) is 74.7 Å². The predicted molar refractivity (Wildman–Crippen MR) is 70.9 cm³/mol. The number of nitrogens with zero attached hydrogens (tertiary/aromatic N) is 3. The van der Waals surface area contributed by atoms with Gasteiger partial charge in [-0.25, -0.2) is 4.98 Å². The van der Waals surface area contributed by atoms with Gasteiger partial charge in [0.1, 0.15) is 5.82 Å². The van der Waals surface area contributed by atoms with Crippen LogP contribution in [-0.4, -0.2) is 40.1 Å². The van der Waals surface area contributed by atoms with Crippen molar-refractivity contribution in [2.45, 2.75) is 13.0 Å². The monoisotopic (exact) mass is 252 g/mol. The van der Waals surface area contributed by atoms with E-state index in [0.717, 1.165) is 23.9 Å². The van der Waals surface area contributed by atoms with Crippen molar-refractivity contribution in [3.05, 3.63) is 23.9 Å². The van der Waals surface area contributed by atoms with Gasteiger partial charge in [0.05, 0.1) is 0 Å². The van der Waals surface area contributed by atoms with Crippen molar-refractivity contribution in [1.29, 1.82) is 0 Å². The molecule has 1 saturated heterocycles. The number of rotatable bonds is 2. The largest absolute Gasteiger partial charge is 0.409 e. The average Bonchev–Trinajstić information content (AvgIpc) is 2.39. The first-order valence-electron chi connectivity index (χ1n) is 5.50. The van der Waals surface area contributed by atoms with Crippen LogP contribution in [0, 0.1) is 0 Å².